The van der Waals surface area contributed by atoms with E-state index in [-0.39, 0.29) is 0 Å². The summed E-state index contributed by atoms with van der Waals surface area (Å²) in [6.07, 6.45) is 1.03. The second kappa shape index (κ2) is 7.20. The SMILES string of the molecule is C=C(C)CCNCc1ccccc1COC. The Kier molecular flexibility index (Phi) is 5.83. The fourth-order valence-electron chi connectivity index (χ4n) is 1.55. The fourth-order valence-corrected chi connectivity index (χ4v) is 1.55. The summed E-state index contributed by atoms with van der Waals surface area (Å²) in [4.78, 5) is 0. The number of hydrogen-bond donors (Lipinski definition) is 1. The Morgan fingerprint density at radius 1 is 1.31 bits per heavy atom. The lowest BCUT2D eigenvalue weighted by Crippen LogP contribution is -2.16. The predicted molar refractivity (Wildman–Crippen MR) is 68.3 cm³/mol. The van der Waals surface area contributed by atoms with Crippen LogP contribution in [0.2, 0.25) is 0 Å². The van der Waals surface area contributed by atoms with E-state index in [0.29, 0.717) is 6.61 Å². The van der Waals surface area contributed by atoms with Crippen molar-refractivity contribution in [3.05, 3.63) is 47.5 Å². The number of ether oxygens (including phenoxy) is 1. The molecule has 0 aliphatic carbocycles. The van der Waals surface area contributed by atoms with E-state index in [1.54, 1.807) is 7.11 Å². The minimum absolute atomic E-state index is 0.679. The summed E-state index contributed by atoms with van der Waals surface area (Å²) in [7, 11) is 1.73. The zero-order valence-electron chi connectivity index (χ0n) is 10.3. The maximum Gasteiger partial charge on any atom is 0.0716 e. The van der Waals surface area contributed by atoms with Gasteiger partial charge in [-0.15, -0.1) is 6.58 Å². The summed E-state index contributed by atoms with van der Waals surface area (Å²) in [5.74, 6) is 0. The van der Waals surface area contributed by atoms with Gasteiger partial charge in [-0.25, -0.2) is 0 Å². The van der Waals surface area contributed by atoms with Gasteiger partial charge in [0.25, 0.3) is 0 Å². The van der Waals surface area contributed by atoms with E-state index in [1.807, 2.05) is 6.07 Å². The molecule has 16 heavy (non-hydrogen) atoms. The van der Waals surface area contributed by atoms with Crippen molar-refractivity contribution in [2.24, 2.45) is 0 Å². The van der Waals surface area contributed by atoms with Crippen LogP contribution >= 0.6 is 0 Å². The van der Waals surface area contributed by atoms with Crippen LogP contribution in [0.4, 0.5) is 0 Å². The van der Waals surface area contributed by atoms with Crippen molar-refractivity contribution in [1.29, 1.82) is 0 Å². The van der Waals surface area contributed by atoms with Crippen molar-refractivity contribution in [2.75, 3.05) is 13.7 Å². The van der Waals surface area contributed by atoms with E-state index in [0.717, 1.165) is 19.5 Å². The van der Waals surface area contributed by atoms with Gasteiger partial charge in [-0.3, -0.25) is 0 Å². The lowest BCUT2D eigenvalue weighted by Gasteiger charge is -2.09. The first-order chi connectivity index (χ1) is 7.74. The van der Waals surface area contributed by atoms with Gasteiger partial charge in [-0.1, -0.05) is 29.8 Å². The molecule has 1 aromatic rings. The Morgan fingerprint density at radius 3 is 2.62 bits per heavy atom. The van der Waals surface area contributed by atoms with E-state index >= 15 is 0 Å². The van der Waals surface area contributed by atoms with Crippen LogP contribution in [0.5, 0.6) is 0 Å². The van der Waals surface area contributed by atoms with Crippen molar-refractivity contribution < 1.29 is 4.74 Å². The fraction of sp³-hybridized carbons (Fsp3) is 0.429. The molecule has 0 unspecified atom stereocenters. The van der Waals surface area contributed by atoms with Gasteiger partial charge in [0.05, 0.1) is 6.61 Å². The molecule has 0 aromatic heterocycles. The van der Waals surface area contributed by atoms with Crippen molar-refractivity contribution in [3.8, 4) is 0 Å². The Hall–Kier alpha value is -1.12. The molecule has 1 N–H and O–H groups in total. The summed E-state index contributed by atoms with van der Waals surface area (Å²) < 4.78 is 5.17. The summed E-state index contributed by atoms with van der Waals surface area (Å²) in [6.45, 7) is 8.50. The Bertz CT molecular complexity index is 333. The highest BCUT2D eigenvalue weighted by molar-refractivity contribution is 5.26. The summed E-state index contributed by atoms with van der Waals surface area (Å²) in [6, 6.07) is 8.36. The Balaban J connectivity index is 2.43. The highest BCUT2D eigenvalue weighted by Gasteiger charge is 2.00. The van der Waals surface area contributed by atoms with Crippen LogP contribution in [0.25, 0.3) is 0 Å². The molecular formula is C14H21NO. The van der Waals surface area contributed by atoms with Crippen LogP contribution in [0.1, 0.15) is 24.5 Å². The second-order valence-electron chi connectivity index (χ2n) is 4.09. The number of hydrogen-bond acceptors (Lipinski definition) is 2. The van der Waals surface area contributed by atoms with Crippen molar-refractivity contribution in [2.45, 2.75) is 26.5 Å². The van der Waals surface area contributed by atoms with Gasteiger partial charge in [0, 0.05) is 13.7 Å². The van der Waals surface area contributed by atoms with Gasteiger partial charge in [-0.05, 0) is 31.0 Å². The Morgan fingerprint density at radius 2 is 2.00 bits per heavy atom. The standard InChI is InChI=1S/C14H21NO/c1-12(2)8-9-15-10-13-6-4-5-7-14(13)11-16-3/h4-7,15H,1,8-11H2,2-3H3. The molecule has 0 aliphatic rings. The van der Waals surface area contributed by atoms with Crippen LogP contribution in [-0.4, -0.2) is 13.7 Å². The molecule has 0 bridgehead atoms. The third-order valence-corrected chi connectivity index (χ3v) is 2.46. The molecule has 88 valence electrons. The van der Waals surface area contributed by atoms with E-state index in [1.165, 1.54) is 16.7 Å². The van der Waals surface area contributed by atoms with Crippen molar-refractivity contribution in [3.63, 3.8) is 0 Å². The van der Waals surface area contributed by atoms with E-state index in [2.05, 4.69) is 37.0 Å². The highest BCUT2D eigenvalue weighted by atomic mass is 16.5. The number of benzene rings is 1. The normalized spacial score (nSPS) is 10.4. The Labute approximate surface area is 98.3 Å². The molecule has 0 heterocycles. The largest absolute Gasteiger partial charge is 0.380 e. The van der Waals surface area contributed by atoms with Crippen molar-refractivity contribution in [1.82, 2.24) is 5.32 Å². The average molecular weight is 219 g/mol. The predicted octanol–water partition coefficient (Wildman–Crippen LogP) is 2.89. The lowest BCUT2D eigenvalue weighted by molar-refractivity contribution is 0.184. The third kappa shape index (κ3) is 4.60. The average Bonchev–Trinajstić information content (AvgIpc) is 2.26. The van der Waals surface area contributed by atoms with Crippen LogP contribution < -0.4 is 5.32 Å². The molecule has 2 heteroatoms. The van der Waals surface area contributed by atoms with Gasteiger partial charge in [0.15, 0.2) is 0 Å². The summed E-state index contributed by atoms with van der Waals surface area (Å²) in [5.41, 5.74) is 3.79. The molecule has 0 spiro atoms. The highest BCUT2D eigenvalue weighted by Crippen LogP contribution is 2.09. The molecule has 0 atom stereocenters. The maximum absolute atomic E-state index is 5.17. The quantitative estimate of drug-likeness (QED) is 0.562. The van der Waals surface area contributed by atoms with Crippen molar-refractivity contribution >= 4 is 0 Å². The zero-order chi connectivity index (χ0) is 11.8. The van der Waals surface area contributed by atoms with Gasteiger partial charge >= 0.3 is 0 Å². The third-order valence-electron chi connectivity index (χ3n) is 2.46. The van der Waals surface area contributed by atoms with Crippen LogP contribution in [0, 0.1) is 0 Å². The second-order valence-corrected chi connectivity index (χ2v) is 4.09. The number of nitrogens with one attached hydrogen (secondary N) is 1. The van der Waals surface area contributed by atoms with Gasteiger partial charge in [0.1, 0.15) is 0 Å². The maximum atomic E-state index is 5.17. The van der Waals surface area contributed by atoms with Crippen LogP contribution in [-0.2, 0) is 17.9 Å². The molecule has 0 saturated carbocycles. The topological polar surface area (TPSA) is 21.3 Å². The lowest BCUT2D eigenvalue weighted by atomic mass is 10.1. The molecular weight excluding hydrogens is 198 g/mol. The van der Waals surface area contributed by atoms with E-state index in [4.69, 9.17) is 4.74 Å². The molecule has 0 aliphatic heterocycles. The molecule has 1 aromatic carbocycles. The molecule has 0 radical (unpaired) electrons. The summed E-state index contributed by atoms with van der Waals surface area (Å²) >= 11 is 0. The first-order valence-corrected chi connectivity index (χ1v) is 5.65. The van der Waals surface area contributed by atoms with E-state index < -0.39 is 0 Å². The van der Waals surface area contributed by atoms with Gasteiger partial charge in [-0.2, -0.15) is 0 Å². The molecule has 2 nitrogen and oxygen atoms in total. The minimum Gasteiger partial charge on any atom is -0.380 e. The number of rotatable bonds is 7. The molecule has 1 rings (SSSR count). The number of methoxy groups -OCH3 is 1. The monoisotopic (exact) mass is 219 g/mol. The first kappa shape index (κ1) is 12.9. The smallest absolute Gasteiger partial charge is 0.0716 e. The molecule has 0 amide bonds. The first-order valence-electron chi connectivity index (χ1n) is 5.65. The van der Waals surface area contributed by atoms with E-state index in [9.17, 15) is 0 Å². The van der Waals surface area contributed by atoms with Gasteiger partial charge < -0.3 is 10.1 Å². The minimum atomic E-state index is 0.679. The van der Waals surface area contributed by atoms with Crippen LogP contribution in [0.3, 0.4) is 0 Å². The molecule has 0 saturated heterocycles. The molecule has 0 fully saturated rings. The van der Waals surface area contributed by atoms with Crippen LogP contribution in [0.15, 0.2) is 36.4 Å². The summed E-state index contributed by atoms with van der Waals surface area (Å²) in [5, 5.41) is 3.42. The van der Waals surface area contributed by atoms with Gasteiger partial charge in [0.2, 0.25) is 0 Å². The zero-order valence-corrected chi connectivity index (χ0v) is 10.3.